The number of benzene rings is 1. The van der Waals surface area contributed by atoms with Crippen LogP contribution in [0.2, 0.25) is 0 Å². The molecular formula is C20H20N2O2S. The second kappa shape index (κ2) is 6.48. The molecule has 1 atom stereocenters. The Morgan fingerprint density at radius 1 is 1.28 bits per heavy atom. The Morgan fingerprint density at radius 2 is 2.08 bits per heavy atom. The zero-order chi connectivity index (χ0) is 17.4. The van der Waals surface area contributed by atoms with E-state index in [1.165, 1.54) is 10.4 Å². The maximum absolute atomic E-state index is 12.6. The number of aryl methyl sites for hydroxylation is 1. The maximum atomic E-state index is 12.6. The molecule has 4 rings (SSSR count). The number of ether oxygens (including phenoxy) is 1. The number of methoxy groups -OCH3 is 1. The van der Waals surface area contributed by atoms with Gasteiger partial charge in [-0.25, -0.2) is 4.98 Å². The van der Waals surface area contributed by atoms with E-state index in [4.69, 9.17) is 4.74 Å². The molecule has 1 aromatic carbocycles. The summed E-state index contributed by atoms with van der Waals surface area (Å²) in [5, 5.41) is 0.800. The van der Waals surface area contributed by atoms with Crippen LogP contribution in [0, 0.1) is 5.92 Å². The SMILES string of the molecule is COc1ccc(/C=C/c2nc3sc4c(c3c(=O)[nH]2)CC[C@H](C)C4)cc1. The van der Waals surface area contributed by atoms with Gasteiger partial charge in [-0.15, -0.1) is 11.3 Å². The molecule has 0 unspecified atom stereocenters. The van der Waals surface area contributed by atoms with E-state index in [0.29, 0.717) is 11.7 Å². The number of H-pyrrole nitrogens is 1. The summed E-state index contributed by atoms with van der Waals surface area (Å²) in [7, 11) is 1.65. The fourth-order valence-corrected chi connectivity index (χ4v) is 4.73. The zero-order valence-corrected chi connectivity index (χ0v) is 15.2. The van der Waals surface area contributed by atoms with Crippen molar-refractivity contribution < 1.29 is 4.74 Å². The van der Waals surface area contributed by atoms with Gasteiger partial charge in [0.05, 0.1) is 12.5 Å². The number of fused-ring (bicyclic) bond motifs is 3. The first-order chi connectivity index (χ1) is 12.1. The molecule has 0 spiro atoms. The summed E-state index contributed by atoms with van der Waals surface area (Å²) in [6.45, 7) is 2.27. The van der Waals surface area contributed by atoms with Crippen LogP contribution in [0.3, 0.4) is 0 Å². The van der Waals surface area contributed by atoms with Crippen molar-refractivity contribution in [2.45, 2.75) is 26.2 Å². The fourth-order valence-electron chi connectivity index (χ4n) is 3.33. The molecule has 0 amide bonds. The lowest BCUT2D eigenvalue weighted by atomic mass is 9.89. The van der Waals surface area contributed by atoms with Crippen molar-refractivity contribution >= 4 is 33.7 Å². The lowest BCUT2D eigenvalue weighted by Crippen LogP contribution is -2.13. The molecule has 0 bridgehead atoms. The highest BCUT2D eigenvalue weighted by molar-refractivity contribution is 7.18. The number of aromatic amines is 1. The number of hydrogen-bond acceptors (Lipinski definition) is 4. The van der Waals surface area contributed by atoms with E-state index >= 15 is 0 Å². The van der Waals surface area contributed by atoms with Gasteiger partial charge in [0.25, 0.3) is 5.56 Å². The normalized spacial score (nSPS) is 17.1. The predicted octanol–water partition coefficient (Wildman–Crippen LogP) is 4.29. The van der Waals surface area contributed by atoms with Crippen LogP contribution in [-0.4, -0.2) is 17.1 Å². The molecule has 128 valence electrons. The Morgan fingerprint density at radius 3 is 2.84 bits per heavy atom. The second-order valence-corrected chi connectivity index (χ2v) is 7.67. The van der Waals surface area contributed by atoms with Crippen LogP contribution in [0.4, 0.5) is 0 Å². The van der Waals surface area contributed by atoms with Crippen LogP contribution in [0.15, 0.2) is 29.1 Å². The van der Waals surface area contributed by atoms with E-state index in [1.807, 2.05) is 36.4 Å². The number of hydrogen-bond donors (Lipinski definition) is 1. The zero-order valence-electron chi connectivity index (χ0n) is 14.3. The molecular weight excluding hydrogens is 332 g/mol. The minimum absolute atomic E-state index is 0.0218. The number of thiophene rings is 1. The molecule has 0 aliphatic heterocycles. The van der Waals surface area contributed by atoms with Crippen LogP contribution in [0.5, 0.6) is 5.75 Å². The molecule has 0 fully saturated rings. The van der Waals surface area contributed by atoms with E-state index < -0.39 is 0 Å². The van der Waals surface area contributed by atoms with E-state index in [9.17, 15) is 4.79 Å². The van der Waals surface area contributed by atoms with E-state index in [0.717, 1.165) is 40.8 Å². The highest BCUT2D eigenvalue weighted by atomic mass is 32.1. The molecule has 1 aliphatic carbocycles. The second-order valence-electron chi connectivity index (χ2n) is 6.59. The van der Waals surface area contributed by atoms with Crippen molar-refractivity contribution in [3.8, 4) is 5.75 Å². The number of nitrogens with zero attached hydrogens (tertiary/aromatic N) is 1. The standard InChI is InChI=1S/C20H20N2O2S/c1-12-3-9-15-16(11-12)25-20-18(15)19(23)21-17(22-20)10-6-13-4-7-14(24-2)8-5-13/h4-8,10,12H,3,9,11H2,1-2H3,(H,21,22,23)/b10-6+/t12-/m0/s1. The third-order valence-corrected chi connectivity index (χ3v) is 5.88. The van der Waals surface area contributed by atoms with Gasteiger partial charge in [-0.3, -0.25) is 4.79 Å². The molecule has 1 aliphatic rings. The lowest BCUT2D eigenvalue weighted by molar-refractivity contribution is 0.415. The number of rotatable bonds is 3. The lowest BCUT2D eigenvalue weighted by Gasteiger charge is -2.17. The van der Waals surface area contributed by atoms with Crippen LogP contribution in [0.25, 0.3) is 22.4 Å². The van der Waals surface area contributed by atoms with Crippen molar-refractivity contribution in [2.75, 3.05) is 7.11 Å². The Labute approximate surface area is 150 Å². The summed E-state index contributed by atoms with van der Waals surface area (Å²) in [6, 6.07) is 7.76. The van der Waals surface area contributed by atoms with Crippen molar-refractivity contribution in [3.63, 3.8) is 0 Å². The van der Waals surface area contributed by atoms with Crippen molar-refractivity contribution in [2.24, 2.45) is 5.92 Å². The average Bonchev–Trinajstić information content (AvgIpc) is 2.98. The highest BCUT2D eigenvalue weighted by Gasteiger charge is 2.22. The first kappa shape index (κ1) is 16.1. The molecule has 0 radical (unpaired) electrons. The van der Waals surface area contributed by atoms with Gasteiger partial charge < -0.3 is 9.72 Å². The fraction of sp³-hybridized carbons (Fsp3) is 0.300. The van der Waals surface area contributed by atoms with Gasteiger partial charge >= 0.3 is 0 Å². The first-order valence-corrected chi connectivity index (χ1v) is 9.32. The Balaban J connectivity index is 1.68. The summed E-state index contributed by atoms with van der Waals surface area (Å²) in [4.78, 5) is 22.3. The Kier molecular flexibility index (Phi) is 4.17. The molecule has 2 aromatic heterocycles. The van der Waals surface area contributed by atoms with Crippen LogP contribution >= 0.6 is 11.3 Å². The molecule has 0 saturated carbocycles. The molecule has 0 saturated heterocycles. The largest absolute Gasteiger partial charge is 0.497 e. The number of nitrogens with one attached hydrogen (secondary N) is 1. The van der Waals surface area contributed by atoms with E-state index in [1.54, 1.807) is 18.4 Å². The summed E-state index contributed by atoms with van der Waals surface area (Å²) >= 11 is 1.68. The number of aromatic nitrogens is 2. The monoisotopic (exact) mass is 352 g/mol. The smallest absolute Gasteiger partial charge is 0.260 e. The van der Waals surface area contributed by atoms with Gasteiger partial charge in [-0.2, -0.15) is 0 Å². The molecule has 2 heterocycles. The third-order valence-electron chi connectivity index (χ3n) is 4.73. The van der Waals surface area contributed by atoms with Gasteiger partial charge in [0.15, 0.2) is 0 Å². The van der Waals surface area contributed by atoms with Gasteiger partial charge in [-0.1, -0.05) is 25.1 Å². The highest BCUT2D eigenvalue weighted by Crippen LogP contribution is 2.35. The maximum Gasteiger partial charge on any atom is 0.260 e. The van der Waals surface area contributed by atoms with E-state index in [-0.39, 0.29) is 5.56 Å². The van der Waals surface area contributed by atoms with Gasteiger partial charge in [-0.05, 0) is 54.5 Å². The molecule has 1 N–H and O–H groups in total. The van der Waals surface area contributed by atoms with E-state index in [2.05, 4.69) is 16.9 Å². The average molecular weight is 352 g/mol. The molecule has 25 heavy (non-hydrogen) atoms. The van der Waals surface area contributed by atoms with Crippen molar-refractivity contribution in [3.05, 3.63) is 56.4 Å². The summed E-state index contributed by atoms with van der Waals surface area (Å²) in [5.74, 6) is 2.11. The Bertz CT molecular complexity index is 999. The summed E-state index contributed by atoms with van der Waals surface area (Å²) in [5.41, 5.74) is 2.23. The Hall–Kier alpha value is -2.40. The van der Waals surface area contributed by atoms with Gasteiger partial charge in [0.2, 0.25) is 0 Å². The first-order valence-electron chi connectivity index (χ1n) is 8.50. The minimum Gasteiger partial charge on any atom is -0.497 e. The van der Waals surface area contributed by atoms with Crippen LogP contribution < -0.4 is 10.3 Å². The predicted molar refractivity (Wildman–Crippen MR) is 103 cm³/mol. The van der Waals surface area contributed by atoms with Crippen molar-refractivity contribution in [1.29, 1.82) is 0 Å². The summed E-state index contributed by atoms with van der Waals surface area (Å²) in [6.07, 6.45) is 7.00. The summed E-state index contributed by atoms with van der Waals surface area (Å²) < 4.78 is 5.16. The third kappa shape index (κ3) is 3.12. The van der Waals surface area contributed by atoms with Crippen LogP contribution in [0.1, 0.15) is 35.2 Å². The van der Waals surface area contributed by atoms with Gasteiger partial charge in [0.1, 0.15) is 16.4 Å². The minimum atomic E-state index is -0.0218. The van der Waals surface area contributed by atoms with Crippen molar-refractivity contribution in [1.82, 2.24) is 9.97 Å². The van der Waals surface area contributed by atoms with Crippen LogP contribution in [-0.2, 0) is 12.8 Å². The van der Waals surface area contributed by atoms with Gasteiger partial charge in [0, 0.05) is 4.88 Å². The quantitative estimate of drug-likeness (QED) is 0.765. The molecule has 5 heteroatoms. The molecule has 3 aromatic rings. The molecule has 4 nitrogen and oxygen atoms in total. The topological polar surface area (TPSA) is 55.0 Å².